The van der Waals surface area contributed by atoms with E-state index in [0.717, 1.165) is 42.6 Å². The van der Waals surface area contributed by atoms with Crippen molar-refractivity contribution in [2.75, 3.05) is 13.2 Å². The summed E-state index contributed by atoms with van der Waals surface area (Å²) in [7, 11) is 0. The summed E-state index contributed by atoms with van der Waals surface area (Å²) in [5.74, 6) is 2.84. The molecule has 5 rings (SSSR count). The van der Waals surface area contributed by atoms with E-state index < -0.39 is 12.1 Å². The Balaban J connectivity index is 1.14. The Hall–Kier alpha value is -1.78. The van der Waals surface area contributed by atoms with Crippen LogP contribution in [-0.4, -0.2) is 13.2 Å². The fourth-order valence-corrected chi connectivity index (χ4v) is 7.42. The molecular weight excluding hydrogens is 490 g/mol. The highest BCUT2D eigenvalue weighted by Gasteiger charge is 2.31. The van der Waals surface area contributed by atoms with Gasteiger partial charge in [-0.05, 0) is 91.9 Å². The van der Waals surface area contributed by atoms with Gasteiger partial charge in [0, 0.05) is 17.0 Å². The number of benzene rings is 2. The molecule has 0 unspecified atom stereocenters. The van der Waals surface area contributed by atoms with Crippen molar-refractivity contribution in [2.24, 2.45) is 23.7 Å². The first-order chi connectivity index (χ1) is 19.1. The Morgan fingerprint density at radius 2 is 1.41 bits per heavy atom. The third-order valence-electron chi connectivity index (χ3n) is 10.1. The number of ether oxygens (including phenoxy) is 2. The van der Waals surface area contributed by atoms with E-state index in [2.05, 4.69) is 19.9 Å². The van der Waals surface area contributed by atoms with Gasteiger partial charge < -0.3 is 9.47 Å². The van der Waals surface area contributed by atoms with E-state index in [0.29, 0.717) is 41.7 Å². The third kappa shape index (κ3) is 7.11. The molecule has 2 saturated carbocycles. The highest BCUT2D eigenvalue weighted by molar-refractivity contribution is 5.65. The van der Waals surface area contributed by atoms with E-state index in [4.69, 9.17) is 9.47 Å². The zero-order valence-electron chi connectivity index (χ0n) is 24.1. The number of halogens is 2. The number of hydrogen-bond donors (Lipinski definition) is 0. The molecule has 0 N–H and O–H groups in total. The van der Waals surface area contributed by atoms with Gasteiger partial charge in [-0.2, -0.15) is 0 Å². The van der Waals surface area contributed by atoms with Crippen molar-refractivity contribution in [1.29, 1.82) is 0 Å². The molecule has 4 heteroatoms. The maximum atomic E-state index is 15.3. The molecule has 1 saturated heterocycles. The first-order valence-corrected chi connectivity index (χ1v) is 15.9. The van der Waals surface area contributed by atoms with Crippen LogP contribution in [0.3, 0.4) is 0 Å². The monoisotopic (exact) mass is 538 g/mol. The zero-order valence-corrected chi connectivity index (χ0v) is 24.1. The SMILES string of the molecule is CCCCCC1CCC(C2CCC(c3ccc(-c4ccc(C5OCC(CC)CO5)c(F)c4)c(F)c3)CC2)CC1. The van der Waals surface area contributed by atoms with Crippen LogP contribution >= 0.6 is 0 Å². The van der Waals surface area contributed by atoms with Gasteiger partial charge >= 0.3 is 0 Å². The average Bonchev–Trinajstić information content (AvgIpc) is 2.98. The topological polar surface area (TPSA) is 18.5 Å². The summed E-state index contributed by atoms with van der Waals surface area (Å²) in [5.41, 5.74) is 2.48. The smallest absolute Gasteiger partial charge is 0.186 e. The quantitative estimate of drug-likeness (QED) is 0.296. The van der Waals surface area contributed by atoms with Crippen LogP contribution in [0.2, 0.25) is 0 Å². The van der Waals surface area contributed by atoms with Gasteiger partial charge in [0.1, 0.15) is 11.6 Å². The standard InChI is InChI=1S/C35H48F2O2/c1-3-5-6-7-25-8-10-26(11-9-25)27-12-14-28(15-13-27)29-16-18-31(33(36)20-29)30-17-19-32(34(37)21-30)35-38-22-24(4-2)23-39-35/h16-21,24-28,35H,3-15,22-23H2,1-2H3. The lowest BCUT2D eigenvalue weighted by molar-refractivity contribution is -0.206. The molecule has 214 valence electrons. The Morgan fingerprint density at radius 1 is 0.718 bits per heavy atom. The molecule has 3 aliphatic rings. The summed E-state index contributed by atoms with van der Waals surface area (Å²) in [6.45, 7) is 5.53. The van der Waals surface area contributed by atoms with E-state index in [1.807, 2.05) is 6.07 Å². The van der Waals surface area contributed by atoms with E-state index in [1.54, 1.807) is 18.2 Å². The van der Waals surface area contributed by atoms with Crippen molar-refractivity contribution in [2.45, 2.75) is 110 Å². The normalized spacial score (nSPS) is 29.8. The van der Waals surface area contributed by atoms with Crippen molar-refractivity contribution in [3.8, 4) is 11.1 Å². The average molecular weight is 539 g/mol. The van der Waals surface area contributed by atoms with Gasteiger partial charge in [0.25, 0.3) is 0 Å². The van der Waals surface area contributed by atoms with E-state index in [1.165, 1.54) is 70.3 Å². The van der Waals surface area contributed by atoms with E-state index >= 15 is 4.39 Å². The lowest BCUT2D eigenvalue weighted by atomic mass is 9.68. The second-order valence-electron chi connectivity index (χ2n) is 12.6. The van der Waals surface area contributed by atoms with Gasteiger partial charge in [-0.1, -0.05) is 76.6 Å². The summed E-state index contributed by atoms with van der Waals surface area (Å²) >= 11 is 0. The Bertz CT molecular complexity index is 1040. The second-order valence-corrected chi connectivity index (χ2v) is 12.6. The lowest BCUT2D eigenvalue weighted by Gasteiger charge is -2.38. The molecule has 3 fully saturated rings. The summed E-state index contributed by atoms with van der Waals surface area (Å²) in [4.78, 5) is 0. The van der Waals surface area contributed by atoms with Crippen LogP contribution in [0.1, 0.15) is 121 Å². The fraction of sp³-hybridized carbons (Fsp3) is 0.657. The highest BCUT2D eigenvalue weighted by atomic mass is 19.1. The number of hydrogen-bond acceptors (Lipinski definition) is 2. The van der Waals surface area contributed by atoms with Crippen LogP contribution in [0.15, 0.2) is 36.4 Å². The first kappa shape index (κ1) is 28.7. The fourth-order valence-electron chi connectivity index (χ4n) is 7.42. The number of rotatable bonds is 9. The molecule has 0 amide bonds. The molecule has 39 heavy (non-hydrogen) atoms. The first-order valence-electron chi connectivity index (χ1n) is 15.9. The largest absolute Gasteiger partial charge is 0.348 e. The number of unbranched alkanes of at least 4 members (excludes halogenated alkanes) is 2. The highest BCUT2D eigenvalue weighted by Crippen LogP contribution is 2.45. The molecular formula is C35H48F2O2. The molecule has 2 aromatic rings. The Labute approximate surface area is 234 Å². The van der Waals surface area contributed by atoms with Crippen LogP contribution in [0.25, 0.3) is 11.1 Å². The van der Waals surface area contributed by atoms with Gasteiger partial charge in [-0.3, -0.25) is 0 Å². The van der Waals surface area contributed by atoms with Gasteiger partial charge in [-0.15, -0.1) is 0 Å². The molecule has 0 atom stereocenters. The molecule has 0 spiro atoms. The van der Waals surface area contributed by atoms with Crippen LogP contribution in [0, 0.1) is 35.3 Å². The van der Waals surface area contributed by atoms with Crippen LogP contribution in [-0.2, 0) is 9.47 Å². The molecule has 2 nitrogen and oxygen atoms in total. The zero-order chi connectivity index (χ0) is 27.2. The van der Waals surface area contributed by atoms with Crippen LogP contribution in [0.4, 0.5) is 8.78 Å². The van der Waals surface area contributed by atoms with E-state index in [-0.39, 0.29) is 5.82 Å². The maximum absolute atomic E-state index is 15.3. The van der Waals surface area contributed by atoms with Gasteiger partial charge in [-0.25, -0.2) is 8.78 Å². The minimum absolute atomic E-state index is 0.265. The molecule has 0 radical (unpaired) electrons. The predicted molar refractivity (Wildman–Crippen MR) is 155 cm³/mol. The molecule has 2 aliphatic carbocycles. The molecule has 0 aromatic heterocycles. The molecule has 0 bridgehead atoms. The molecule has 1 aliphatic heterocycles. The summed E-state index contributed by atoms with van der Waals surface area (Å²) in [6.07, 6.45) is 16.4. The van der Waals surface area contributed by atoms with Crippen LogP contribution in [0.5, 0.6) is 0 Å². The lowest BCUT2D eigenvalue weighted by Crippen LogP contribution is -2.27. The molecule has 2 aromatic carbocycles. The van der Waals surface area contributed by atoms with Gasteiger partial charge in [0.15, 0.2) is 6.29 Å². The summed E-state index contributed by atoms with van der Waals surface area (Å²) in [6, 6.07) is 10.5. The third-order valence-corrected chi connectivity index (χ3v) is 10.1. The van der Waals surface area contributed by atoms with E-state index in [9.17, 15) is 4.39 Å². The van der Waals surface area contributed by atoms with Gasteiger partial charge in [0.05, 0.1) is 13.2 Å². The van der Waals surface area contributed by atoms with Crippen molar-refractivity contribution in [1.82, 2.24) is 0 Å². The maximum Gasteiger partial charge on any atom is 0.186 e. The summed E-state index contributed by atoms with van der Waals surface area (Å²) in [5, 5.41) is 0. The Kier molecular flexibility index (Phi) is 10.1. The minimum Gasteiger partial charge on any atom is -0.348 e. The second kappa shape index (κ2) is 13.7. The summed E-state index contributed by atoms with van der Waals surface area (Å²) < 4.78 is 41.8. The van der Waals surface area contributed by atoms with Crippen LogP contribution < -0.4 is 0 Å². The van der Waals surface area contributed by atoms with Crippen molar-refractivity contribution < 1.29 is 18.3 Å². The van der Waals surface area contributed by atoms with Crippen molar-refractivity contribution in [3.05, 3.63) is 59.2 Å². The molecule has 1 heterocycles. The Morgan fingerprint density at radius 3 is 2.03 bits per heavy atom. The van der Waals surface area contributed by atoms with Crippen molar-refractivity contribution >= 4 is 0 Å². The predicted octanol–water partition coefficient (Wildman–Crippen LogP) is 10.4. The minimum atomic E-state index is -0.690. The van der Waals surface area contributed by atoms with Crippen molar-refractivity contribution in [3.63, 3.8) is 0 Å². The van der Waals surface area contributed by atoms with Gasteiger partial charge in [0.2, 0.25) is 0 Å².